The monoisotopic (exact) mass is 768 g/mol. The van der Waals surface area contributed by atoms with Crippen LogP contribution in [0.4, 0.5) is 0 Å². The number of likely N-dealkylation sites (N-methyl/N-ethyl adjacent to an activating group) is 1. The van der Waals surface area contributed by atoms with Crippen molar-refractivity contribution in [1.82, 2.24) is 0 Å². The minimum absolute atomic E-state index is 0.0448. The molecule has 1 aliphatic heterocycles. The third-order valence-electron chi connectivity index (χ3n) is 8.72. The van der Waals surface area contributed by atoms with Gasteiger partial charge in [-0.25, -0.2) is 0 Å². The highest BCUT2D eigenvalue weighted by atomic mass is 31.2. The van der Waals surface area contributed by atoms with Crippen LogP contribution < -0.4 is 4.89 Å². The smallest absolute Gasteiger partial charge is 0.306 e. The molecule has 0 aliphatic carbocycles. The molecule has 0 N–H and O–H groups in total. The van der Waals surface area contributed by atoms with Crippen LogP contribution in [0.15, 0.2) is 48.6 Å². The second kappa shape index (κ2) is 31.2. The van der Waals surface area contributed by atoms with Crippen LogP contribution in [0.3, 0.4) is 0 Å². The van der Waals surface area contributed by atoms with Crippen molar-refractivity contribution in [2.75, 3.05) is 47.5 Å². The number of quaternary nitrogens is 1. The number of carbonyl (C=O) groups excluding carboxylic acids is 2. The largest absolute Gasteiger partial charge is 0.756 e. The Labute approximate surface area is 322 Å². The van der Waals surface area contributed by atoms with E-state index in [9.17, 15) is 19.0 Å². The van der Waals surface area contributed by atoms with Crippen LogP contribution >= 0.6 is 7.82 Å². The zero-order valence-corrected chi connectivity index (χ0v) is 34.8. The Kier molecular flexibility index (Phi) is 28.8. The Hall–Kier alpha value is -2.07. The van der Waals surface area contributed by atoms with Gasteiger partial charge in [-0.05, 0) is 70.6 Å². The van der Waals surface area contributed by atoms with E-state index in [1.54, 1.807) is 0 Å². The van der Waals surface area contributed by atoms with Gasteiger partial charge in [0.1, 0.15) is 19.8 Å². The summed E-state index contributed by atoms with van der Waals surface area (Å²) in [6.07, 6.45) is 36.1. The van der Waals surface area contributed by atoms with Crippen LogP contribution in [0.1, 0.15) is 142 Å². The van der Waals surface area contributed by atoms with E-state index >= 15 is 0 Å². The Bertz CT molecular complexity index is 1110. The summed E-state index contributed by atoms with van der Waals surface area (Å²) in [6, 6.07) is 0. The zero-order chi connectivity index (χ0) is 39.0. The summed E-state index contributed by atoms with van der Waals surface area (Å²) in [7, 11) is 1.12. The normalized spacial score (nSPS) is 18.0. The third kappa shape index (κ3) is 31.9. The lowest BCUT2D eigenvalue weighted by Gasteiger charge is -2.28. The molecule has 0 aromatic heterocycles. The van der Waals surface area contributed by atoms with Crippen molar-refractivity contribution in [3.63, 3.8) is 0 Å². The van der Waals surface area contributed by atoms with Crippen LogP contribution in [0, 0.1) is 0 Å². The fraction of sp³-hybridized carbons (Fsp3) is 0.762. The molecule has 1 rings (SSSR count). The minimum Gasteiger partial charge on any atom is -0.756 e. The van der Waals surface area contributed by atoms with E-state index in [0.717, 1.165) is 70.6 Å². The van der Waals surface area contributed by atoms with Gasteiger partial charge in [0.25, 0.3) is 7.82 Å². The molecule has 0 spiro atoms. The lowest BCUT2D eigenvalue weighted by Crippen LogP contribution is -2.37. The highest BCUT2D eigenvalue weighted by Gasteiger charge is 2.36. The number of allylic oxidation sites excluding steroid dienone is 6. The van der Waals surface area contributed by atoms with Crippen molar-refractivity contribution in [2.45, 2.75) is 161 Å². The highest BCUT2D eigenvalue weighted by molar-refractivity contribution is 7.45. The molecule has 0 aromatic rings. The van der Waals surface area contributed by atoms with Crippen molar-refractivity contribution < 1.29 is 46.8 Å². The number of esters is 2. The Morgan fingerprint density at radius 1 is 0.679 bits per heavy atom. The molecule has 0 aromatic carbocycles. The molecule has 4 atom stereocenters. The molecule has 3 unspecified atom stereocenters. The lowest BCUT2D eigenvalue weighted by atomic mass is 10.1. The number of hydrogen-bond acceptors (Lipinski definition) is 9. The van der Waals surface area contributed by atoms with E-state index < -0.39 is 32.5 Å². The molecule has 0 amide bonds. The van der Waals surface area contributed by atoms with E-state index in [4.69, 9.17) is 23.3 Å². The molecule has 0 saturated carbocycles. The fourth-order valence-corrected chi connectivity index (χ4v) is 6.04. The van der Waals surface area contributed by atoms with Gasteiger partial charge in [0.15, 0.2) is 6.10 Å². The number of epoxide rings is 1. The van der Waals surface area contributed by atoms with E-state index in [0.29, 0.717) is 36.1 Å². The highest BCUT2D eigenvalue weighted by Crippen LogP contribution is 2.38. The lowest BCUT2D eigenvalue weighted by molar-refractivity contribution is -0.870. The predicted molar refractivity (Wildman–Crippen MR) is 212 cm³/mol. The second-order valence-electron chi connectivity index (χ2n) is 15.0. The standard InChI is InChI=1S/C42H74NO9P/c1-6-8-10-12-14-15-16-17-20-25-29-33-42(45)51-38(37-50-53(46,47)49-35-34-43(3,4)5)36-48-41(44)32-28-24-21-18-19-23-27-31-40-39(52-40)30-26-22-13-11-9-7-2/h12,14,18,21-23,26-27,38-40H,6-11,13,15-17,19-20,24-25,28-37H2,1-5H3/b14-12-,21-18-,26-22-,27-23-/t38-,39?,40?/m1/s1. The SMILES string of the molecule is CCCC/C=C\CCCCCCCC(=O)O[C@H](COC(=O)CCC/C=C\C/C=C\CC1OC1C/C=C\CCCCC)COP(=O)([O-])OCC[N+](C)(C)C. The van der Waals surface area contributed by atoms with Crippen LogP contribution in [0.25, 0.3) is 0 Å². The van der Waals surface area contributed by atoms with E-state index in [-0.39, 0.29) is 26.1 Å². The molecular weight excluding hydrogens is 693 g/mol. The molecule has 1 heterocycles. The van der Waals surface area contributed by atoms with Gasteiger partial charge in [-0.1, -0.05) is 107 Å². The van der Waals surface area contributed by atoms with Gasteiger partial charge in [-0.15, -0.1) is 0 Å². The number of phosphoric ester groups is 1. The van der Waals surface area contributed by atoms with Crippen LogP contribution in [-0.2, 0) is 37.4 Å². The summed E-state index contributed by atoms with van der Waals surface area (Å²) in [6.45, 7) is 4.04. The molecule has 53 heavy (non-hydrogen) atoms. The first-order valence-corrected chi connectivity index (χ1v) is 21.9. The van der Waals surface area contributed by atoms with Crippen LogP contribution in [0.2, 0.25) is 0 Å². The fourth-order valence-electron chi connectivity index (χ4n) is 5.31. The minimum atomic E-state index is -4.64. The van der Waals surface area contributed by atoms with E-state index in [1.807, 2.05) is 27.2 Å². The number of rotatable bonds is 35. The molecule has 11 heteroatoms. The van der Waals surface area contributed by atoms with E-state index in [2.05, 4.69) is 56.4 Å². The van der Waals surface area contributed by atoms with E-state index in [1.165, 1.54) is 32.1 Å². The molecule has 1 fully saturated rings. The quantitative estimate of drug-likeness (QED) is 0.0155. The molecular formula is C42H74NO9P. The maximum absolute atomic E-state index is 12.6. The Balaban J connectivity index is 2.35. The topological polar surface area (TPSA) is 124 Å². The third-order valence-corrected chi connectivity index (χ3v) is 9.69. The first-order valence-electron chi connectivity index (χ1n) is 20.5. The molecule has 1 saturated heterocycles. The van der Waals surface area contributed by atoms with Gasteiger partial charge in [0.05, 0.1) is 40.0 Å². The molecule has 0 radical (unpaired) electrons. The number of phosphoric acid groups is 1. The van der Waals surface area contributed by atoms with Gasteiger partial charge < -0.3 is 32.6 Å². The van der Waals surface area contributed by atoms with Crippen LogP contribution in [-0.4, -0.2) is 82.2 Å². The van der Waals surface area contributed by atoms with Crippen molar-refractivity contribution in [2.24, 2.45) is 0 Å². The maximum Gasteiger partial charge on any atom is 0.306 e. The first kappa shape index (κ1) is 48.9. The average molecular weight is 768 g/mol. The summed E-state index contributed by atoms with van der Waals surface area (Å²) in [5.74, 6) is -0.923. The maximum atomic E-state index is 12.6. The van der Waals surface area contributed by atoms with Gasteiger partial charge >= 0.3 is 11.9 Å². The van der Waals surface area contributed by atoms with Crippen molar-refractivity contribution in [1.29, 1.82) is 0 Å². The average Bonchev–Trinajstić information content (AvgIpc) is 3.86. The summed E-state index contributed by atoms with van der Waals surface area (Å²) < 4.78 is 39.5. The number of unbranched alkanes of at least 4 members (excludes halogenated alkanes) is 11. The predicted octanol–water partition coefficient (Wildman–Crippen LogP) is 9.48. The summed E-state index contributed by atoms with van der Waals surface area (Å²) >= 11 is 0. The number of ether oxygens (including phenoxy) is 3. The van der Waals surface area contributed by atoms with Crippen molar-refractivity contribution >= 4 is 19.8 Å². The summed E-state index contributed by atoms with van der Waals surface area (Å²) in [5, 5.41) is 0. The molecule has 1 aliphatic rings. The number of carbonyl (C=O) groups is 2. The van der Waals surface area contributed by atoms with Gasteiger partial charge in [-0.3, -0.25) is 14.2 Å². The zero-order valence-electron chi connectivity index (χ0n) is 33.9. The molecule has 306 valence electrons. The van der Waals surface area contributed by atoms with Crippen molar-refractivity contribution in [3.05, 3.63) is 48.6 Å². The van der Waals surface area contributed by atoms with Gasteiger partial charge in [0, 0.05) is 12.8 Å². The molecule has 10 nitrogen and oxygen atoms in total. The van der Waals surface area contributed by atoms with Gasteiger partial charge in [-0.2, -0.15) is 0 Å². The number of nitrogens with zero attached hydrogens (tertiary/aromatic N) is 1. The summed E-state index contributed by atoms with van der Waals surface area (Å²) in [4.78, 5) is 37.4. The first-order chi connectivity index (χ1) is 25.5. The second-order valence-corrected chi connectivity index (χ2v) is 16.4. The number of hydrogen-bond donors (Lipinski definition) is 0. The van der Waals surface area contributed by atoms with Crippen LogP contribution in [0.5, 0.6) is 0 Å². The summed E-state index contributed by atoms with van der Waals surface area (Å²) in [5.41, 5.74) is 0. The van der Waals surface area contributed by atoms with Gasteiger partial charge in [0.2, 0.25) is 0 Å². The van der Waals surface area contributed by atoms with Crippen molar-refractivity contribution in [3.8, 4) is 0 Å². The Morgan fingerprint density at radius 3 is 1.92 bits per heavy atom. The Morgan fingerprint density at radius 2 is 1.23 bits per heavy atom. The molecule has 0 bridgehead atoms.